The summed E-state index contributed by atoms with van der Waals surface area (Å²) < 4.78 is 117. The Balaban J connectivity index is 1.52. The number of ether oxygens (including phenoxy) is 2. The molecule has 1 amide bonds. The SMILES string of the molecule is Cc1nc2c3c(nc(-c4cc(OS(=O)(=O)C(F)(F)F)cc5ccc(F)c(C#C[Si](C(C)C)(C(C)C)C(C)C)c45)c(F)c3c1C)O[C@@H](C)[C@@H]1[C@@H]3CC[C@H](CN21)N3C(=O)OC(C)(C)C. The molecule has 4 atom stereocenters. The lowest BCUT2D eigenvalue weighted by molar-refractivity contribution is -0.0500. The molecular weight excluding hydrogens is 848 g/mol. The van der Waals surface area contributed by atoms with Crippen LogP contribution in [0.25, 0.3) is 32.8 Å². The van der Waals surface area contributed by atoms with Crippen molar-refractivity contribution in [2.75, 3.05) is 11.4 Å². The maximum atomic E-state index is 17.9. The highest BCUT2D eigenvalue weighted by Crippen LogP contribution is 2.49. The van der Waals surface area contributed by atoms with Gasteiger partial charge in [0.15, 0.2) is 5.82 Å². The van der Waals surface area contributed by atoms with Gasteiger partial charge in [-0.2, -0.15) is 21.6 Å². The third-order valence-electron chi connectivity index (χ3n) is 12.9. The largest absolute Gasteiger partial charge is 0.534 e. The topological polar surface area (TPSA) is 111 Å². The molecule has 2 aromatic heterocycles. The van der Waals surface area contributed by atoms with Crippen molar-refractivity contribution in [1.82, 2.24) is 14.9 Å². The highest BCUT2D eigenvalue weighted by atomic mass is 32.2. The number of carbonyl (C=O) groups excluding carboxylic acids is 1. The first-order valence-corrected chi connectivity index (χ1v) is 24.6. The lowest BCUT2D eigenvalue weighted by atomic mass is 9.94. The molecule has 0 saturated carbocycles. The van der Waals surface area contributed by atoms with Crippen molar-refractivity contribution in [2.45, 2.75) is 148 Å². The fraction of sp³-hybridized carbons (Fsp3) is 0.533. The quantitative estimate of drug-likeness (QED) is 0.0614. The predicted octanol–water partition coefficient (Wildman–Crippen LogP) is 10.9. The number of aryl methyl sites for hydroxylation is 2. The number of fused-ring (bicyclic) bond motifs is 6. The zero-order chi connectivity index (χ0) is 45.8. The van der Waals surface area contributed by atoms with Crippen LogP contribution in [0.15, 0.2) is 24.3 Å². The standard InChI is InChI=1S/C45H53F5N4O6SSi/c1-22(2)62(23(3)4,24(5)6)18-17-31-33(46)15-13-28-19-30(60-61(56,57)45(48,49)50)20-32(36(28)31)39-38(47)35-25(7)26(8)51-41-37(35)42(52-39)58-27(9)40-34-16-14-29(21-53(40)41)54(34)43(55)59-44(10,11)12/h13,15,19-20,22-24,27,29,34,40H,14,16,21H2,1-12H3/t27-,29+,34-,40+/m0/s1. The molecule has 2 bridgehead atoms. The molecule has 2 aromatic carbocycles. The second-order valence-electron chi connectivity index (χ2n) is 18.7. The molecule has 3 aliphatic rings. The summed E-state index contributed by atoms with van der Waals surface area (Å²) in [4.78, 5) is 27.2. The number of anilines is 1. The van der Waals surface area contributed by atoms with Gasteiger partial charge in [0.1, 0.15) is 42.9 Å². The number of hydrogen-bond donors (Lipinski definition) is 0. The van der Waals surface area contributed by atoms with Crippen molar-refractivity contribution in [3.05, 3.63) is 52.7 Å². The van der Waals surface area contributed by atoms with Crippen LogP contribution in [0.2, 0.25) is 16.6 Å². The van der Waals surface area contributed by atoms with Gasteiger partial charge in [0.05, 0.1) is 29.1 Å². The minimum Gasteiger partial charge on any atom is -0.472 e. The summed E-state index contributed by atoms with van der Waals surface area (Å²) in [5, 5.41) is 0.337. The number of hydrogen-bond acceptors (Lipinski definition) is 9. The third-order valence-corrected chi connectivity index (χ3v) is 20.2. The minimum atomic E-state index is -6.20. The van der Waals surface area contributed by atoms with Crippen molar-refractivity contribution >= 4 is 51.6 Å². The molecule has 7 rings (SSSR count). The summed E-state index contributed by atoms with van der Waals surface area (Å²) >= 11 is 0. The van der Waals surface area contributed by atoms with Crippen molar-refractivity contribution < 1.29 is 48.8 Å². The van der Waals surface area contributed by atoms with E-state index in [-0.39, 0.29) is 67.3 Å². The fourth-order valence-electron chi connectivity index (χ4n) is 10.2. The molecule has 5 heterocycles. The van der Waals surface area contributed by atoms with E-state index in [0.717, 1.165) is 18.2 Å². The molecule has 0 radical (unpaired) electrons. The number of piperazine rings is 1. The maximum Gasteiger partial charge on any atom is 0.534 e. The van der Waals surface area contributed by atoms with Gasteiger partial charge in [-0.3, -0.25) is 4.90 Å². The van der Waals surface area contributed by atoms with Gasteiger partial charge in [-0.1, -0.05) is 53.5 Å². The molecule has 0 aliphatic carbocycles. The zero-order valence-electron chi connectivity index (χ0n) is 37.0. The molecule has 17 heteroatoms. The van der Waals surface area contributed by atoms with E-state index in [1.165, 1.54) is 6.07 Å². The summed E-state index contributed by atoms with van der Waals surface area (Å²) in [6.45, 7) is 23.5. The zero-order valence-corrected chi connectivity index (χ0v) is 38.8. The predicted molar refractivity (Wildman–Crippen MR) is 232 cm³/mol. The maximum absolute atomic E-state index is 17.9. The van der Waals surface area contributed by atoms with Crippen molar-refractivity contribution in [1.29, 1.82) is 0 Å². The van der Waals surface area contributed by atoms with E-state index in [4.69, 9.17) is 19.4 Å². The van der Waals surface area contributed by atoms with Crippen LogP contribution in [0.1, 0.15) is 98.9 Å². The summed E-state index contributed by atoms with van der Waals surface area (Å²) in [6, 6.07) is 3.19. The Labute approximate surface area is 360 Å². The van der Waals surface area contributed by atoms with E-state index >= 15 is 8.78 Å². The molecular formula is C45H53F5N4O6SSi. The average Bonchev–Trinajstić information content (AvgIpc) is 3.39. The number of benzene rings is 2. The van der Waals surface area contributed by atoms with Crippen molar-refractivity contribution in [2.24, 2.45) is 0 Å². The summed E-state index contributed by atoms with van der Waals surface area (Å²) in [7, 11) is -8.72. The molecule has 2 fully saturated rings. The van der Waals surface area contributed by atoms with Gasteiger partial charge in [0.25, 0.3) is 0 Å². The van der Waals surface area contributed by atoms with Gasteiger partial charge >= 0.3 is 21.7 Å². The highest BCUT2D eigenvalue weighted by Gasteiger charge is 2.54. The van der Waals surface area contributed by atoms with Crippen molar-refractivity contribution in [3.8, 4) is 34.4 Å². The number of nitrogens with zero attached hydrogens (tertiary/aromatic N) is 4. The monoisotopic (exact) mass is 900 g/mol. The number of carbonyl (C=O) groups is 1. The highest BCUT2D eigenvalue weighted by molar-refractivity contribution is 7.88. The van der Waals surface area contributed by atoms with Crippen LogP contribution in [-0.2, 0) is 14.9 Å². The van der Waals surface area contributed by atoms with Crippen LogP contribution in [0.3, 0.4) is 0 Å². The third kappa shape index (κ3) is 7.42. The van der Waals surface area contributed by atoms with Gasteiger partial charge in [0, 0.05) is 28.6 Å². The molecule has 3 aliphatic heterocycles. The molecule has 334 valence electrons. The van der Waals surface area contributed by atoms with E-state index in [0.29, 0.717) is 36.5 Å². The Kier molecular flexibility index (Phi) is 11.4. The van der Waals surface area contributed by atoms with Crippen molar-refractivity contribution in [3.63, 3.8) is 0 Å². The second-order valence-corrected chi connectivity index (χ2v) is 25.9. The first-order chi connectivity index (χ1) is 28.7. The van der Waals surface area contributed by atoms with Crippen LogP contribution in [0.5, 0.6) is 11.6 Å². The van der Waals surface area contributed by atoms with Crippen LogP contribution in [-0.4, -0.2) is 79.3 Å². The molecule has 4 aromatic rings. The number of pyridine rings is 2. The van der Waals surface area contributed by atoms with Crippen LogP contribution in [0, 0.1) is 36.9 Å². The van der Waals surface area contributed by atoms with Gasteiger partial charge in [-0.05, 0) is 100 Å². The normalized spacial score (nSPS) is 20.4. The Hall–Kier alpha value is -4.69. The number of alkyl halides is 3. The van der Waals surface area contributed by atoms with Gasteiger partial charge in [0.2, 0.25) is 5.88 Å². The Morgan fingerprint density at radius 1 is 0.952 bits per heavy atom. The number of rotatable bonds is 6. The van der Waals surface area contributed by atoms with E-state index in [1.54, 1.807) is 39.5 Å². The summed E-state index contributed by atoms with van der Waals surface area (Å²) in [6.07, 6.45) is 0.199. The Bertz CT molecular complexity index is 2650. The van der Waals surface area contributed by atoms with E-state index in [1.807, 2.05) is 11.8 Å². The first kappa shape index (κ1) is 45.3. The number of aromatic nitrogens is 2. The molecule has 0 N–H and O–H groups in total. The summed E-state index contributed by atoms with van der Waals surface area (Å²) in [5.74, 6) is 0.958. The molecule has 2 saturated heterocycles. The number of amides is 1. The first-order valence-electron chi connectivity index (χ1n) is 21.0. The van der Waals surface area contributed by atoms with Crippen LogP contribution < -0.4 is 13.8 Å². The molecule has 0 spiro atoms. The van der Waals surface area contributed by atoms with E-state index in [9.17, 15) is 26.4 Å². The van der Waals surface area contributed by atoms with Gasteiger partial charge in [-0.15, -0.1) is 5.54 Å². The Morgan fingerprint density at radius 3 is 2.19 bits per heavy atom. The molecule has 10 nitrogen and oxygen atoms in total. The van der Waals surface area contributed by atoms with Gasteiger partial charge in [-0.25, -0.2) is 23.5 Å². The lowest BCUT2D eigenvalue weighted by Gasteiger charge is -2.48. The van der Waals surface area contributed by atoms with Crippen LogP contribution >= 0.6 is 0 Å². The van der Waals surface area contributed by atoms with Crippen LogP contribution in [0.4, 0.5) is 32.6 Å². The second kappa shape index (κ2) is 15.5. The minimum absolute atomic E-state index is 0.000526. The molecule has 62 heavy (non-hydrogen) atoms. The molecule has 0 unspecified atom stereocenters. The Morgan fingerprint density at radius 2 is 1.60 bits per heavy atom. The smallest absolute Gasteiger partial charge is 0.472 e. The fourth-order valence-corrected chi connectivity index (χ4v) is 15.9. The lowest BCUT2D eigenvalue weighted by Crippen LogP contribution is -2.65. The van der Waals surface area contributed by atoms with E-state index in [2.05, 4.69) is 57.2 Å². The van der Waals surface area contributed by atoms with E-state index < -0.39 is 70.6 Å². The average molecular weight is 901 g/mol. The van der Waals surface area contributed by atoms with Gasteiger partial charge < -0.3 is 18.6 Å². The number of halogens is 5. The summed E-state index contributed by atoms with van der Waals surface area (Å²) in [5.41, 5.74) is -2.57.